The third kappa shape index (κ3) is 5.82. The van der Waals surface area contributed by atoms with E-state index in [1.807, 2.05) is 0 Å². The van der Waals surface area contributed by atoms with Crippen molar-refractivity contribution in [3.05, 3.63) is 45.7 Å². The third-order valence-corrected chi connectivity index (χ3v) is 5.98. The maximum Gasteiger partial charge on any atom is 0.410 e. The zero-order chi connectivity index (χ0) is 18.6. The summed E-state index contributed by atoms with van der Waals surface area (Å²) < 4.78 is 28.6. The Morgan fingerprint density at radius 3 is 2.88 bits per heavy atom. The molecule has 0 aliphatic rings. The van der Waals surface area contributed by atoms with Crippen LogP contribution in [0.1, 0.15) is 24.3 Å². The first-order valence-corrected chi connectivity index (χ1v) is 9.56. The van der Waals surface area contributed by atoms with Crippen LogP contribution >= 0.6 is 22.9 Å². The minimum atomic E-state index is -1.45. The van der Waals surface area contributed by atoms with Gasteiger partial charge in [-0.05, 0) is 31.5 Å². The van der Waals surface area contributed by atoms with Gasteiger partial charge >= 0.3 is 6.09 Å². The first-order chi connectivity index (χ1) is 11.7. The number of nitrogens with one attached hydrogen (secondary N) is 2. The van der Waals surface area contributed by atoms with Crippen LogP contribution in [0.4, 0.5) is 14.3 Å². The topological polar surface area (TPSA) is 97.3 Å². The normalized spacial score (nSPS) is 12.8. The smallest absolute Gasteiger partial charge is 0.410 e. The van der Waals surface area contributed by atoms with Crippen LogP contribution in [0.15, 0.2) is 24.4 Å². The lowest BCUT2D eigenvalue weighted by Crippen LogP contribution is -2.43. The van der Waals surface area contributed by atoms with E-state index >= 15 is 0 Å². The zero-order valence-electron chi connectivity index (χ0n) is 13.5. The predicted molar refractivity (Wildman–Crippen MR) is 97.9 cm³/mol. The summed E-state index contributed by atoms with van der Waals surface area (Å²) in [6, 6.07) is 4.42. The van der Waals surface area contributed by atoms with E-state index in [4.69, 9.17) is 16.7 Å². The molecule has 6 nitrogen and oxygen atoms in total. The Balaban J connectivity index is 1.95. The third-order valence-electron chi connectivity index (χ3n) is 3.28. The monoisotopic (exact) mass is 405 g/mol. The highest BCUT2D eigenvalue weighted by Crippen LogP contribution is 2.25. The second-order valence-corrected chi connectivity index (χ2v) is 9.31. The molecule has 0 radical (unpaired) electrons. The predicted octanol–water partition coefficient (Wildman–Crippen LogP) is 3.80. The number of hydrogen-bond acceptors (Lipinski definition) is 5. The number of amides is 1. The van der Waals surface area contributed by atoms with Gasteiger partial charge in [-0.3, -0.25) is 5.32 Å². The summed E-state index contributed by atoms with van der Waals surface area (Å²) in [4.78, 5) is 15.2. The van der Waals surface area contributed by atoms with Crippen molar-refractivity contribution in [3.8, 4) is 0 Å². The van der Waals surface area contributed by atoms with Crippen LogP contribution < -0.4 is 10.0 Å². The second-order valence-electron chi connectivity index (χ2n) is 5.82. The van der Waals surface area contributed by atoms with Crippen LogP contribution in [0.2, 0.25) is 5.02 Å². The summed E-state index contributed by atoms with van der Waals surface area (Å²) in [7, 11) is 0. The van der Waals surface area contributed by atoms with Gasteiger partial charge in [-0.2, -0.15) is 0 Å². The molecule has 10 heteroatoms. The Labute approximate surface area is 156 Å². The van der Waals surface area contributed by atoms with Gasteiger partial charge in [-0.15, -0.1) is 16.1 Å². The molecule has 1 unspecified atom stereocenters. The summed E-state index contributed by atoms with van der Waals surface area (Å²) >= 11 is 5.44. The van der Waals surface area contributed by atoms with Crippen molar-refractivity contribution in [3.63, 3.8) is 0 Å². The summed E-state index contributed by atoms with van der Waals surface area (Å²) in [5.41, 5.74) is 0.440. The maximum absolute atomic E-state index is 13.9. The van der Waals surface area contributed by atoms with Crippen LogP contribution in [0.5, 0.6) is 0 Å². The Bertz CT molecular complexity index is 757. The Kier molecular flexibility index (Phi) is 6.64. The lowest BCUT2D eigenvalue weighted by molar-refractivity contribution is 0.209. The Hall–Kier alpha value is -1.39. The van der Waals surface area contributed by atoms with Crippen molar-refractivity contribution in [2.75, 3.05) is 5.32 Å². The fourth-order valence-electron chi connectivity index (χ4n) is 2.06. The number of carboxylic acid groups (broad SMARTS) is 1. The molecule has 136 valence electrons. The standard InChI is InChI=1S/C15H17ClFN3O3S2/c1-15(2,6-9-3-4-10(16)5-12(9)17)25(23)19-8-11-7-18-13(24-11)20-14(21)22/h3-5,7,19H,6,8H2,1-2H3,(H,18,20)(H,21,22). The molecule has 0 spiro atoms. The molecule has 0 fully saturated rings. The molecule has 0 saturated carbocycles. The van der Waals surface area contributed by atoms with Gasteiger partial charge in [0.2, 0.25) is 0 Å². The molecule has 1 heterocycles. The maximum atomic E-state index is 13.9. The number of halogens is 2. The van der Waals surface area contributed by atoms with Gasteiger partial charge in [0.15, 0.2) is 5.13 Å². The fraction of sp³-hybridized carbons (Fsp3) is 0.333. The summed E-state index contributed by atoms with van der Waals surface area (Å²) in [5.74, 6) is -0.426. The molecule has 1 aromatic heterocycles. The van der Waals surface area contributed by atoms with Crippen LogP contribution in [0, 0.1) is 5.82 Å². The molecule has 1 aromatic carbocycles. The van der Waals surface area contributed by atoms with Gasteiger partial charge in [0.25, 0.3) is 0 Å². The molecule has 3 N–H and O–H groups in total. The molecule has 1 amide bonds. The lowest BCUT2D eigenvalue weighted by Gasteiger charge is -2.28. The van der Waals surface area contributed by atoms with Gasteiger partial charge in [0, 0.05) is 33.9 Å². The van der Waals surface area contributed by atoms with Crippen LogP contribution in [0.3, 0.4) is 0 Å². The van der Waals surface area contributed by atoms with E-state index in [1.54, 1.807) is 26.0 Å². The number of benzene rings is 1. The number of aromatic nitrogens is 1. The number of hydrogen-bond donors (Lipinski definition) is 3. The average molecular weight is 406 g/mol. The number of anilines is 1. The van der Waals surface area contributed by atoms with Crippen molar-refractivity contribution in [1.29, 1.82) is 0 Å². The lowest BCUT2D eigenvalue weighted by atomic mass is 10.0. The first-order valence-electron chi connectivity index (χ1n) is 7.21. The average Bonchev–Trinajstić information content (AvgIpc) is 2.94. The van der Waals surface area contributed by atoms with Crippen LogP contribution in [-0.4, -0.2) is 25.5 Å². The molecular formula is C15H17ClFN3O3S2. The minimum Gasteiger partial charge on any atom is -0.598 e. The zero-order valence-corrected chi connectivity index (χ0v) is 15.9. The van der Waals surface area contributed by atoms with Crippen LogP contribution in [0.25, 0.3) is 0 Å². The van der Waals surface area contributed by atoms with Gasteiger partial charge < -0.3 is 9.66 Å². The summed E-state index contributed by atoms with van der Waals surface area (Å²) in [6.45, 7) is 3.81. The first kappa shape index (κ1) is 19.9. The molecule has 2 aromatic rings. The highest BCUT2D eigenvalue weighted by molar-refractivity contribution is 7.90. The van der Waals surface area contributed by atoms with E-state index in [2.05, 4.69) is 15.0 Å². The van der Waals surface area contributed by atoms with Gasteiger partial charge in [-0.1, -0.05) is 17.7 Å². The van der Waals surface area contributed by atoms with E-state index in [1.165, 1.54) is 12.3 Å². The van der Waals surface area contributed by atoms with E-state index in [0.29, 0.717) is 10.6 Å². The van der Waals surface area contributed by atoms with E-state index < -0.39 is 28.0 Å². The Morgan fingerprint density at radius 2 is 2.24 bits per heavy atom. The number of rotatable bonds is 7. The Morgan fingerprint density at radius 1 is 1.52 bits per heavy atom. The summed E-state index contributed by atoms with van der Waals surface area (Å²) in [5, 5.41) is 11.3. The minimum absolute atomic E-state index is 0.248. The SMILES string of the molecule is CC(C)(Cc1ccc(Cl)cc1F)[S+]([O-])NCc1cnc(NC(=O)O)s1. The van der Waals surface area contributed by atoms with Gasteiger partial charge in [0.05, 0.1) is 6.54 Å². The van der Waals surface area contributed by atoms with Gasteiger partial charge in [-0.25, -0.2) is 14.2 Å². The molecule has 0 bridgehead atoms. The molecular weight excluding hydrogens is 389 g/mol. The van der Waals surface area contributed by atoms with Crippen molar-refractivity contribution < 1.29 is 18.8 Å². The van der Waals surface area contributed by atoms with E-state index in [9.17, 15) is 13.7 Å². The van der Waals surface area contributed by atoms with Crippen molar-refractivity contribution in [2.45, 2.75) is 31.6 Å². The molecule has 0 aliphatic carbocycles. The molecule has 0 aliphatic heterocycles. The second kappa shape index (κ2) is 8.33. The fourth-order valence-corrected chi connectivity index (χ4v) is 4.02. The van der Waals surface area contributed by atoms with Crippen molar-refractivity contribution >= 4 is 45.5 Å². The van der Waals surface area contributed by atoms with Crippen LogP contribution in [-0.2, 0) is 24.3 Å². The van der Waals surface area contributed by atoms with Crippen molar-refractivity contribution in [2.24, 2.45) is 0 Å². The number of carbonyl (C=O) groups is 1. The van der Waals surface area contributed by atoms with Gasteiger partial charge in [0.1, 0.15) is 10.6 Å². The van der Waals surface area contributed by atoms with Crippen molar-refractivity contribution in [1.82, 2.24) is 9.71 Å². The molecule has 0 saturated heterocycles. The van der Waals surface area contributed by atoms with E-state index in [-0.39, 0.29) is 18.1 Å². The highest BCUT2D eigenvalue weighted by atomic mass is 35.5. The summed E-state index contributed by atoms with van der Waals surface area (Å²) in [6.07, 6.45) is 0.583. The highest BCUT2D eigenvalue weighted by Gasteiger charge is 2.33. The largest absolute Gasteiger partial charge is 0.598 e. The van der Waals surface area contributed by atoms with E-state index in [0.717, 1.165) is 16.2 Å². The quantitative estimate of drug-likeness (QED) is 0.608. The number of nitrogens with zero attached hydrogens (tertiary/aromatic N) is 1. The molecule has 2 rings (SSSR count). The molecule has 1 atom stereocenters. The number of thiazole rings is 1. The molecule has 25 heavy (non-hydrogen) atoms.